The third-order valence-electron chi connectivity index (χ3n) is 3.92. The summed E-state index contributed by atoms with van der Waals surface area (Å²) >= 11 is 0. The number of amides is 1. The molecule has 6 nitrogen and oxygen atoms in total. The van der Waals surface area contributed by atoms with E-state index in [4.69, 9.17) is 4.74 Å². The fourth-order valence-electron chi connectivity index (χ4n) is 2.53. The molecule has 0 spiro atoms. The molecule has 0 aliphatic rings. The topological polar surface area (TPSA) is 84.5 Å². The number of benzene rings is 2. The van der Waals surface area contributed by atoms with Crippen LogP contribution in [0.3, 0.4) is 0 Å². The highest BCUT2D eigenvalue weighted by Crippen LogP contribution is 2.19. The van der Waals surface area contributed by atoms with Gasteiger partial charge in [0.05, 0.1) is 17.0 Å². The lowest BCUT2D eigenvalue weighted by atomic mass is 10.1. The van der Waals surface area contributed by atoms with Crippen molar-refractivity contribution in [3.8, 4) is 5.75 Å². The molecule has 1 amide bonds. The van der Waals surface area contributed by atoms with Gasteiger partial charge < -0.3 is 10.1 Å². The number of ether oxygens (including phenoxy) is 1. The van der Waals surface area contributed by atoms with Gasteiger partial charge in [-0.1, -0.05) is 24.3 Å². The smallest absolute Gasteiger partial charge is 0.251 e. The fraction of sp³-hybridized carbons (Fsp3) is 0.286. The maximum absolute atomic E-state index is 12.6. The normalized spacial score (nSPS) is 12.4. The number of sulfonamides is 1. The van der Waals surface area contributed by atoms with Crippen LogP contribution in [0.25, 0.3) is 0 Å². The minimum Gasteiger partial charge on any atom is -0.491 e. The van der Waals surface area contributed by atoms with E-state index in [1.54, 1.807) is 12.1 Å². The van der Waals surface area contributed by atoms with Gasteiger partial charge in [-0.15, -0.1) is 6.58 Å². The maximum atomic E-state index is 12.6. The molecule has 2 aromatic rings. The highest BCUT2D eigenvalue weighted by molar-refractivity contribution is 7.89. The van der Waals surface area contributed by atoms with Crippen molar-refractivity contribution >= 4 is 15.9 Å². The van der Waals surface area contributed by atoms with Crippen LogP contribution in [0.1, 0.15) is 42.7 Å². The summed E-state index contributed by atoms with van der Waals surface area (Å²) in [6, 6.07) is 13.2. The monoisotopic (exact) mass is 402 g/mol. The number of carbonyl (C=O) groups excluding carboxylic acids is 1. The molecule has 2 N–H and O–H groups in total. The second-order valence-corrected chi connectivity index (χ2v) is 8.37. The second-order valence-electron chi connectivity index (χ2n) is 6.60. The van der Waals surface area contributed by atoms with E-state index < -0.39 is 10.0 Å². The van der Waals surface area contributed by atoms with Crippen LogP contribution in [0.15, 0.2) is 66.1 Å². The Kier molecular flexibility index (Phi) is 7.37. The largest absolute Gasteiger partial charge is 0.491 e. The molecule has 2 rings (SSSR count). The molecule has 0 fully saturated rings. The Hall–Kier alpha value is -2.64. The number of hydrogen-bond acceptors (Lipinski definition) is 4. The number of hydrogen-bond donors (Lipinski definition) is 2. The zero-order valence-corrected chi connectivity index (χ0v) is 17.1. The van der Waals surface area contributed by atoms with Gasteiger partial charge in [-0.05, 0) is 56.7 Å². The summed E-state index contributed by atoms with van der Waals surface area (Å²) in [5, 5.41) is 2.88. The van der Waals surface area contributed by atoms with E-state index in [0.717, 1.165) is 11.3 Å². The highest BCUT2D eigenvalue weighted by atomic mass is 32.2. The predicted molar refractivity (Wildman–Crippen MR) is 110 cm³/mol. The Balaban J connectivity index is 2.10. The Bertz CT molecular complexity index is 922. The third kappa shape index (κ3) is 5.94. The van der Waals surface area contributed by atoms with Gasteiger partial charge in [-0.2, -0.15) is 0 Å². The van der Waals surface area contributed by atoms with Gasteiger partial charge in [0.1, 0.15) is 5.75 Å². The summed E-state index contributed by atoms with van der Waals surface area (Å²) in [4.78, 5) is 12.6. The molecular formula is C21H26N2O4S. The van der Waals surface area contributed by atoms with E-state index in [-0.39, 0.29) is 35.1 Å². The van der Waals surface area contributed by atoms with Crippen molar-refractivity contribution in [3.05, 3.63) is 72.3 Å². The van der Waals surface area contributed by atoms with Crippen LogP contribution >= 0.6 is 0 Å². The first-order valence-electron chi connectivity index (χ1n) is 9.01. The molecule has 2 aromatic carbocycles. The van der Waals surface area contributed by atoms with E-state index in [1.165, 1.54) is 18.2 Å². The lowest BCUT2D eigenvalue weighted by Crippen LogP contribution is -2.27. The van der Waals surface area contributed by atoms with Gasteiger partial charge >= 0.3 is 0 Å². The first kappa shape index (κ1) is 21.7. The van der Waals surface area contributed by atoms with Crippen molar-refractivity contribution in [2.45, 2.75) is 37.8 Å². The van der Waals surface area contributed by atoms with E-state index in [9.17, 15) is 13.2 Å². The van der Waals surface area contributed by atoms with Crippen molar-refractivity contribution < 1.29 is 17.9 Å². The number of carbonyl (C=O) groups is 1. The Morgan fingerprint density at radius 1 is 1.14 bits per heavy atom. The molecular weight excluding hydrogens is 376 g/mol. The summed E-state index contributed by atoms with van der Waals surface area (Å²) in [7, 11) is -3.69. The Morgan fingerprint density at radius 3 is 2.43 bits per heavy atom. The van der Waals surface area contributed by atoms with E-state index in [2.05, 4.69) is 16.6 Å². The van der Waals surface area contributed by atoms with Gasteiger partial charge in [0, 0.05) is 12.1 Å². The van der Waals surface area contributed by atoms with Gasteiger partial charge in [-0.3, -0.25) is 4.79 Å². The van der Waals surface area contributed by atoms with Crippen LogP contribution in [-0.2, 0) is 10.0 Å². The molecule has 28 heavy (non-hydrogen) atoms. The molecule has 7 heteroatoms. The van der Waals surface area contributed by atoms with E-state index >= 15 is 0 Å². The summed E-state index contributed by atoms with van der Waals surface area (Å²) in [5.74, 6) is 0.415. The molecule has 150 valence electrons. The quantitative estimate of drug-likeness (QED) is 0.630. The highest BCUT2D eigenvalue weighted by Gasteiger charge is 2.17. The average molecular weight is 403 g/mol. The lowest BCUT2D eigenvalue weighted by molar-refractivity contribution is 0.0939. The third-order valence-corrected chi connectivity index (χ3v) is 5.34. The summed E-state index contributed by atoms with van der Waals surface area (Å²) in [6.07, 6.45) is 1.54. The predicted octanol–water partition coefficient (Wildman–Crippen LogP) is 3.43. The molecule has 0 radical (unpaired) electrons. The van der Waals surface area contributed by atoms with Crippen molar-refractivity contribution in [2.24, 2.45) is 0 Å². The van der Waals surface area contributed by atoms with E-state index in [1.807, 2.05) is 45.0 Å². The van der Waals surface area contributed by atoms with Crippen LogP contribution in [0.2, 0.25) is 0 Å². The van der Waals surface area contributed by atoms with E-state index in [0.29, 0.717) is 0 Å². The van der Waals surface area contributed by atoms with Crippen LogP contribution in [0, 0.1) is 0 Å². The number of nitrogens with one attached hydrogen (secondary N) is 2. The van der Waals surface area contributed by atoms with Crippen LogP contribution in [0.4, 0.5) is 0 Å². The standard InChI is InChI=1S/C21H26N2O4S/c1-5-13-22-28(25,26)20-8-6-7-18(14-20)21(24)23-16(4)17-9-11-19(12-10-17)27-15(2)3/h5-12,14-16,22H,1,13H2,2-4H3,(H,23,24). The van der Waals surface area contributed by atoms with Crippen molar-refractivity contribution in [3.63, 3.8) is 0 Å². The fourth-order valence-corrected chi connectivity index (χ4v) is 3.57. The maximum Gasteiger partial charge on any atom is 0.251 e. The first-order chi connectivity index (χ1) is 13.2. The second kappa shape index (κ2) is 9.52. The minimum atomic E-state index is -3.69. The molecule has 0 bridgehead atoms. The molecule has 1 unspecified atom stereocenters. The zero-order chi connectivity index (χ0) is 20.7. The van der Waals surface area contributed by atoms with Gasteiger partial charge in [0.25, 0.3) is 5.91 Å². The molecule has 0 aromatic heterocycles. The van der Waals surface area contributed by atoms with Crippen LogP contribution in [-0.4, -0.2) is 27.0 Å². The van der Waals surface area contributed by atoms with Crippen molar-refractivity contribution in [1.29, 1.82) is 0 Å². The Labute approximate surface area is 166 Å². The molecule has 0 saturated carbocycles. The molecule has 0 saturated heterocycles. The minimum absolute atomic E-state index is 0.0323. The van der Waals surface area contributed by atoms with Gasteiger partial charge in [-0.25, -0.2) is 13.1 Å². The van der Waals surface area contributed by atoms with Crippen molar-refractivity contribution in [2.75, 3.05) is 6.54 Å². The van der Waals surface area contributed by atoms with Gasteiger partial charge in [0.15, 0.2) is 0 Å². The Morgan fingerprint density at radius 2 is 1.82 bits per heavy atom. The molecule has 1 atom stereocenters. The lowest BCUT2D eigenvalue weighted by Gasteiger charge is -2.16. The zero-order valence-electron chi connectivity index (χ0n) is 16.3. The number of rotatable bonds is 9. The molecule has 0 aliphatic carbocycles. The first-order valence-corrected chi connectivity index (χ1v) is 10.5. The van der Waals surface area contributed by atoms with Gasteiger partial charge in [0.2, 0.25) is 10.0 Å². The van der Waals surface area contributed by atoms with Crippen LogP contribution < -0.4 is 14.8 Å². The SMILES string of the molecule is C=CCNS(=O)(=O)c1cccc(C(=O)NC(C)c2ccc(OC(C)C)cc2)c1. The van der Waals surface area contributed by atoms with Crippen molar-refractivity contribution in [1.82, 2.24) is 10.0 Å². The molecule has 0 aliphatic heterocycles. The summed E-state index contributed by atoms with van der Waals surface area (Å²) in [6.45, 7) is 9.38. The average Bonchev–Trinajstić information content (AvgIpc) is 2.66. The summed E-state index contributed by atoms with van der Waals surface area (Å²) < 4.78 is 32.4. The van der Waals surface area contributed by atoms with Crippen LogP contribution in [0.5, 0.6) is 5.75 Å². The molecule has 0 heterocycles. The summed E-state index contributed by atoms with van der Waals surface area (Å²) in [5.41, 5.74) is 1.19.